The van der Waals surface area contributed by atoms with Crippen molar-refractivity contribution >= 4 is 38.9 Å². The lowest BCUT2D eigenvalue weighted by Crippen LogP contribution is -2.12. The minimum atomic E-state index is 1.06. The van der Waals surface area contributed by atoms with Crippen LogP contribution in [0.3, 0.4) is 0 Å². The van der Waals surface area contributed by atoms with Crippen molar-refractivity contribution in [2.45, 2.75) is 0 Å². The number of fused-ring (bicyclic) bond motifs is 3. The third-order valence-corrected chi connectivity index (χ3v) is 13.2. The van der Waals surface area contributed by atoms with Gasteiger partial charge in [0.05, 0.1) is 16.7 Å². The smallest absolute Gasteiger partial charge is 0.0619 e. The lowest BCUT2D eigenvalue weighted by atomic mass is 9.88. The van der Waals surface area contributed by atoms with Gasteiger partial charge in [-0.15, -0.1) is 0 Å². The van der Waals surface area contributed by atoms with E-state index < -0.39 is 0 Å². The predicted octanol–water partition coefficient (Wildman–Crippen LogP) is 18.3. The molecule has 12 aromatic rings. The van der Waals surface area contributed by atoms with Crippen LogP contribution in [0.25, 0.3) is 94.3 Å². The highest BCUT2D eigenvalue weighted by Crippen LogP contribution is 2.47. The molecule has 0 aliphatic rings. The largest absolute Gasteiger partial charge is 0.310 e. The van der Waals surface area contributed by atoms with E-state index in [0.717, 1.165) is 50.6 Å². The zero-order valence-corrected chi connectivity index (χ0v) is 37.5. The van der Waals surface area contributed by atoms with Crippen molar-refractivity contribution in [2.24, 2.45) is 0 Å². The molecule has 12 rings (SSSR count). The van der Waals surface area contributed by atoms with Crippen LogP contribution >= 0.6 is 0 Å². The Bertz CT molecular complexity index is 3650. The summed E-state index contributed by atoms with van der Waals surface area (Å²) in [6.07, 6.45) is 0. The number of benzene rings is 11. The van der Waals surface area contributed by atoms with Gasteiger partial charge < -0.3 is 9.47 Å². The van der Waals surface area contributed by atoms with Crippen LogP contribution in [0, 0.1) is 0 Å². The fourth-order valence-electron chi connectivity index (χ4n) is 10.1. The fraction of sp³-hybridized carbons (Fsp3) is 0. The summed E-state index contributed by atoms with van der Waals surface area (Å²) in [7, 11) is 0. The van der Waals surface area contributed by atoms with E-state index in [1.54, 1.807) is 0 Å². The molecule has 0 bridgehead atoms. The third-order valence-electron chi connectivity index (χ3n) is 13.2. The van der Waals surface area contributed by atoms with Gasteiger partial charge in [0, 0.05) is 39.0 Å². The zero-order valence-electron chi connectivity index (χ0n) is 37.5. The molecule has 0 saturated carbocycles. The van der Waals surface area contributed by atoms with E-state index in [-0.39, 0.29) is 0 Å². The van der Waals surface area contributed by atoms with Crippen LogP contribution in [0.2, 0.25) is 0 Å². The van der Waals surface area contributed by atoms with Crippen LogP contribution < -0.4 is 4.90 Å². The van der Waals surface area contributed by atoms with E-state index in [4.69, 9.17) is 0 Å². The molecule has 68 heavy (non-hydrogen) atoms. The van der Waals surface area contributed by atoms with Gasteiger partial charge in [-0.1, -0.05) is 224 Å². The molecule has 11 aromatic carbocycles. The first-order valence-electron chi connectivity index (χ1n) is 23.3. The first kappa shape index (κ1) is 40.5. The summed E-state index contributed by atoms with van der Waals surface area (Å²) in [5, 5.41) is 2.48. The van der Waals surface area contributed by atoms with E-state index in [0.29, 0.717) is 0 Å². The van der Waals surface area contributed by atoms with Crippen LogP contribution in [0.4, 0.5) is 17.1 Å². The molecule has 1 heterocycles. The highest BCUT2D eigenvalue weighted by atomic mass is 15.1. The van der Waals surface area contributed by atoms with Gasteiger partial charge in [-0.25, -0.2) is 0 Å². The lowest BCUT2D eigenvalue weighted by molar-refractivity contribution is 1.18. The highest BCUT2D eigenvalue weighted by molar-refractivity contribution is 6.14. The number of rotatable bonds is 10. The maximum atomic E-state index is 2.46. The maximum Gasteiger partial charge on any atom is 0.0619 e. The van der Waals surface area contributed by atoms with Crippen LogP contribution in [0.15, 0.2) is 279 Å². The van der Waals surface area contributed by atoms with Crippen molar-refractivity contribution in [2.75, 3.05) is 4.90 Å². The summed E-state index contributed by atoms with van der Waals surface area (Å²) >= 11 is 0. The standard InChI is InChI=1S/C66H46N2/c1-5-22-47(23-6-1)51-44-52(48-24-7-2-8-25-48)46-55(45-51)67(64-38-19-17-34-61(64)60-33-16-15-32-59(60)58-31-14-13-30-56(58)49-26-9-3-10-27-49)54-42-40-50(41-43-54)57-36-21-37-63-62-35-18-20-39-65(62)68(66(57)63)53-28-11-4-12-29-53/h1-46H. The Kier molecular flexibility index (Phi) is 10.6. The molecule has 0 aliphatic carbocycles. The Morgan fingerprint density at radius 3 is 1.32 bits per heavy atom. The zero-order chi connectivity index (χ0) is 45.2. The number of nitrogens with zero attached hydrogens (tertiary/aromatic N) is 2. The van der Waals surface area contributed by atoms with Crippen LogP contribution in [0.1, 0.15) is 0 Å². The van der Waals surface area contributed by atoms with Crippen molar-refractivity contribution in [3.05, 3.63) is 279 Å². The van der Waals surface area contributed by atoms with Gasteiger partial charge >= 0.3 is 0 Å². The third kappa shape index (κ3) is 7.45. The number of anilines is 3. The molecule has 0 N–H and O–H groups in total. The monoisotopic (exact) mass is 866 g/mol. The second kappa shape index (κ2) is 17.8. The van der Waals surface area contributed by atoms with Crippen LogP contribution in [-0.4, -0.2) is 4.57 Å². The first-order chi connectivity index (χ1) is 33.8. The molecule has 0 atom stereocenters. The second-order valence-electron chi connectivity index (χ2n) is 17.2. The molecule has 2 heteroatoms. The van der Waals surface area contributed by atoms with Crippen molar-refractivity contribution < 1.29 is 0 Å². The van der Waals surface area contributed by atoms with E-state index in [2.05, 4.69) is 289 Å². The van der Waals surface area contributed by atoms with Crippen LogP contribution in [-0.2, 0) is 0 Å². The van der Waals surface area contributed by atoms with E-state index in [9.17, 15) is 0 Å². The van der Waals surface area contributed by atoms with E-state index in [1.807, 2.05) is 0 Å². The molecule has 0 amide bonds. The molecule has 320 valence electrons. The topological polar surface area (TPSA) is 8.17 Å². The number of hydrogen-bond donors (Lipinski definition) is 0. The van der Waals surface area contributed by atoms with Gasteiger partial charge in [0.25, 0.3) is 0 Å². The normalized spacial score (nSPS) is 11.2. The Morgan fingerprint density at radius 2 is 0.691 bits per heavy atom. The second-order valence-corrected chi connectivity index (χ2v) is 17.2. The number of aromatic nitrogens is 1. The average molecular weight is 867 g/mol. The van der Waals surface area contributed by atoms with Gasteiger partial charge in [-0.05, 0) is 110 Å². The lowest BCUT2D eigenvalue weighted by Gasteiger charge is -2.30. The summed E-state index contributed by atoms with van der Waals surface area (Å²) in [6.45, 7) is 0. The summed E-state index contributed by atoms with van der Waals surface area (Å²) in [5.41, 5.74) is 20.8. The minimum Gasteiger partial charge on any atom is -0.310 e. The quantitative estimate of drug-likeness (QED) is 0.133. The molecule has 0 fully saturated rings. The SMILES string of the molecule is c1ccc(-c2cc(-c3ccccc3)cc(N(c3ccc(-c4cccc5c6ccccc6n(-c6ccccc6)c45)cc3)c3ccccc3-c3ccccc3-c3ccccc3-c3ccccc3)c2)cc1. The minimum absolute atomic E-state index is 1.06. The number of hydrogen-bond acceptors (Lipinski definition) is 1. The molecule has 2 nitrogen and oxygen atoms in total. The molecule has 0 aliphatic heterocycles. The van der Waals surface area contributed by atoms with Gasteiger partial charge in [-0.2, -0.15) is 0 Å². The summed E-state index contributed by atoms with van der Waals surface area (Å²) in [4.78, 5) is 2.46. The Labute approximate surface area is 397 Å². The highest BCUT2D eigenvalue weighted by Gasteiger charge is 2.23. The van der Waals surface area contributed by atoms with E-state index >= 15 is 0 Å². The van der Waals surface area contributed by atoms with Gasteiger partial charge in [0.2, 0.25) is 0 Å². The number of para-hydroxylation sites is 4. The molecule has 0 spiro atoms. The van der Waals surface area contributed by atoms with Crippen molar-refractivity contribution in [3.8, 4) is 72.4 Å². The van der Waals surface area contributed by atoms with Gasteiger partial charge in [0.1, 0.15) is 0 Å². The van der Waals surface area contributed by atoms with Gasteiger partial charge in [-0.3, -0.25) is 0 Å². The molecule has 0 saturated heterocycles. The Hall–Kier alpha value is -8.98. The summed E-state index contributed by atoms with van der Waals surface area (Å²) < 4.78 is 2.42. The predicted molar refractivity (Wildman–Crippen MR) is 288 cm³/mol. The Morgan fingerprint density at radius 1 is 0.250 bits per heavy atom. The summed E-state index contributed by atoms with van der Waals surface area (Å²) in [5.74, 6) is 0. The Balaban J connectivity index is 1.08. The first-order valence-corrected chi connectivity index (χ1v) is 23.3. The molecular formula is C66H46N2. The van der Waals surface area contributed by atoms with E-state index in [1.165, 1.54) is 60.8 Å². The van der Waals surface area contributed by atoms with Crippen molar-refractivity contribution in [1.29, 1.82) is 0 Å². The molecular weight excluding hydrogens is 821 g/mol. The maximum absolute atomic E-state index is 2.46. The summed E-state index contributed by atoms with van der Waals surface area (Å²) in [6, 6.07) is 101. The fourth-order valence-corrected chi connectivity index (χ4v) is 10.1. The van der Waals surface area contributed by atoms with Crippen LogP contribution in [0.5, 0.6) is 0 Å². The van der Waals surface area contributed by atoms with Crippen molar-refractivity contribution in [3.63, 3.8) is 0 Å². The average Bonchev–Trinajstić information content (AvgIpc) is 3.77. The molecule has 1 aromatic heterocycles. The van der Waals surface area contributed by atoms with Crippen molar-refractivity contribution in [1.82, 2.24) is 4.57 Å². The molecule has 0 radical (unpaired) electrons. The molecule has 0 unspecified atom stereocenters. The van der Waals surface area contributed by atoms with Gasteiger partial charge in [0.15, 0.2) is 0 Å².